The van der Waals surface area contributed by atoms with Crippen LogP contribution in [0, 0.1) is 6.92 Å². The van der Waals surface area contributed by atoms with Gasteiger partial charge in [-0.25, -0.2) is 0 Å². The number of hydrogen-bond acceptors (Lipinski definition) is 2. The first-order valence-corrected chi connectivity index (χ1v) is 6.40. The largest absolute Gasteiger partial charge is 0.416 e. The third-order valence-electron chi connectivity index (χ3n) is 2.92. The molecule has 116 valence electrons. The Hall–Kier alpha value is -2.57. The number of amides is 1. The van der Waals surface area contributed by atoms with Gasteiger partial charge in [-0.15, -0.1) is 0 Å². The molecule has 22 heavy (non-hydrogen) atoms. The number of alkyl halides is 3. The number of pyridine rings is 1. The lowest BCUT2D eigenvalue weighted by Gasteiger charge is -2.11. The van der Waals surface area contributed by atoms with Gasteiger partial charge in [-0.05, 0) is 30.7 Å². The Bertz CT molecular complexity index is 751. The highest BCUT2D eigenvalue weighted by atomic mass is 19.4. The molecule has 1 aromatic heterocycles. The molecule has 0 aliphatic heterocycles. The maximum Gasteiger partial charge on any atom is 0.416 e. The molecule has 4 nitrogen and oxygen atoms in total. The van der Waals surface area contributed by atoms with Crippen LogP contribution in [0.15, 0.2) is 47.4 Å². The van der Waals surface area contributed by atoms with Gasteiger partial charge in [0.05, 0.1) is 5.56 Å². The summed E-state index contributed by atoms with van der Waals surface area (Å²) in [5.74, 6) is -0.577. The van der Waals surface area contributed by atoms with Gasteiger partial charge >= 0.3 is 6.18 Å². The summed E-state index contributed by atoms with van der Waals surface area (Å²) in [5.41, 5.74) is -0.380. The third-order valence-corrected chi connectivity index (χ3v) is 2.92. The number of nitrogens with one attached hydrogen (secondary N) is 1. The fourth-order valence-corrected chi connectivity index (χ4v) is 1.90. The molecule has 0 radical (unpaired) electrons. The molecule has 0 bridgehead atoms. The molecule has 1 heterocycles. The van der Waals surface area contributed by atoms with Crippen molar-refractivity contribution in [2.75, 3.05) is 5.32 Å². The van der Waals surface area contributed by atoms with Gasteiger partial charge in [0, 0.05) is 18.0 Å². The number of rotatable bonds is 3. The Labute approximate surface area is 124 Å². The van der Waals surface area contributed by atoms with E-state index in [2.05, 4.69) is 5.32 Å². The van der Waals surface area contributed by atoms with E-state index in [0.717, 1.165) is 17.7 Å². The fourth-order valence-electron chi connectivity index (χ4n) is 1.90. The second-order valence-electron chi connectivity index (χ2n) is 4.80. The van der Waals surface area contributed by atoms with Crippen molar-refractivity contribution in [1.82, 2.24) is 4.57 Å². The minimum absolute atomic E-state index is 0.0283. The van der Waals surface area contributed by atoms with Gasteiger partial charge in [-0.2, -0.15) is 13.2 Å². The zero-order valence-corrected chi connectivity index (χ0v) is 11.6. The second kappa shape index (κ2) is 6.05. The molecule has 0 fully saturated rings. The topological polar surface area (TPSA) is 51.1 Å². The third kappa shape index (κ3) is 3.97. The van der Waals surface area contributed by atoms with Gasteiger partial charge in [0.25, 0.3) is 5.56 Å². The van der Waals surface area contributed by atoms with Crippen LogP contribution in [0.3, 0.4) is 0 Å². The number of carbonyl (C=O) groups excluding carboxylic acids is 1. The van der Waals surface area contributed by atoms with Crippen LogP contribution in [0.5, 0.6) is 0 Å². The Morgan fingerprint density at radius 3 is 2.64 bits per heavy atom. The molecule has 1 amide bonds. The summed E-state index contributed by atoms with van der Waals surface area (Å²) >= 11 is 0. The van der Waals surface area contributed by atoms with Gasteiger partial charge in [0.15, 0.2) is 0 Å². The van der Waals surface area contributed by atoms with Crippen molar-refractivity contribution in [3.8, 4) is 0 Å². The number of carbonyl (C=O) groups is 1. The predicted molar refractivity (Wildman–Crippen MR) is 75.5 cm³/mol. The van der Waals surface area contributed by atoms with E-state index in [9.17, 15) is 22.8 Å². The van der Waals surface area contributed by atoms with Crippen molar-refractivity contribution in [1.29, 1.82) is 0 Å². The summed E-state index contributed by atoms with van der Waals surface area (Å²) < 4.78 is 39.0. The van der Waals surface area contributed by atoms with Crippen LogP contribution in [0.2, 0.25) is 0 Å². The molecule has 2 rings (SSSR count). The van der Waals surface area contributed by atoms with Gasteiger partial charge in [-0.3, -0.25) is 9.59 Å². The average Bonchev–Trinajstić information content (AvgIpc) is 2.42. The predicted octanol–water partition coefficient (Wildman–Crippen LogP) is 2.81. The van der Waals surface area contributed by atoms with E-state index in [1.54, 1.807) is 13.0 Å². The van der Waals surface area contributed by atoms with Gasteiger partial charge < -0.3 is 9.88 Å². The molecule has 0 spiro atoms. The monoisotopic (exact) mass is 310 g/mol. The lowest BCUT2D eigenvalue weighted by atomic mass is 10.2. The van der Waals surface area contributed by atoms with Crippen LogP contribution in [-0.2, 0) is 17.5 Å². The second-order valence-corrected chi connectivity index (χ2v) is 4.80. The number of halogens is 3. The zero-order chi connectivity index (χ0) is 16.3. The maximum atomic E-state index is 12.6. The highest BCUT2D eigenvalue weighted by Gasteiger charge is 2.30. The van der Waals surface area contributed by atoms with Crippen LogP contribution in [0.25, 0.3) is 0 Å². The van der Waals surface area contributed by atoms with Crippen molar-refractivity contribution >= 4 is 11.6 Å². The van der Waals surface area contributed by atoms with E-state index in [1.165, 1.54) is 29.0 Å². The first kappa shape index (κ1) is 15.8. The Morgan fingerprint density at radius 1 is 1.23 bits per heavy atom. The molecular weight excluding hydrogens is 297 g/mol. The van der Waals surface area contributed by atoms with Crippen molar-refractivity contribution in [3.05, 3.63) is 64.1 Å². The number of hydrogen-bond donors (Lipinski definition) is 1. The molecule has 0 atom stereocenters. The Balaban J connectivity index is 2.13. The van der Waals surface area contributed by atoms with Crippen LogP contribution in [-0.4, -0.2) is 10.5 Å². The fraction of sp³-hybridized carbons (Fsp3) is 0.200. The molecule has 0 saturated heterocycles. The van der Waals surface area contributed by atoms with Crippen molar-refractivity contribution in [3.63, 3.8) is 0 Å². The SMILES string of the molecule is Cc1ccc(=O)n(CC(=O)Nc2cccc(C(F)(F)F)c2)c1. The first-order valence-electron chi connectivity index (χ1n) is 6.40. The van der Waals surface area contributed by atoms with E-state index >= 15 is 0 Å². The quantitative estimate of drug-likeness (QED) is 0.948. The molecule has 0 aliphatic carbocycles. The molecule has 0 saturated carbocycles. The van der Waals surface area contributed by atoms with Gasteiger partial charge in [-0.1, -0.05) is 12.1 Å². The average molecular weight is 310 g/mol. The minimum Gasteiger partial charge on any atom is -0.325 e. The normalized spacial score (nSPS) is 11.3. The van der Waals surface area contributed by atoms with Crippen molar-refractivity contribution in [2.24, 2.45) is 0 Å². The molecule has 1 N–H and O–H groups in total. The molecule has 2 aromatic rings. The lowest BCUT2D eigenvalue weighted by molar-refractivity contribution is -0.137. The minimum atomic E-state index is -4.48. The van der Waals surface area contributed by atoms with E-state index in [-0.39, 0.29) is 17.8 Å². The van der Waals surface area contributed by atoms with Crippen LogP contribution in [0.4, 0.5) is 18.9 Å². The summed E-state index contributed by atoms with van der Waals surface area (Å²) in [7, 11) is 0. The molecule has 1 aromatic carbocycles. The highest BCUT2D eigenvalue weighted by molar-refractivity contribution is 5.90. The van der Waals surface area contributed by atoms with E-state index in [1.807, 2.05) is 0 Å². The first-order chi connectivity index (χ1) is 10.3. The molecule has 7 heteroatoms. The van der Waals surface area contributed by atoms with Crippen molar-refractivity contribution in [2.45, 2.75) is 19.6 Å². The smallest absolute Gasteiger partial charge is 0.325 e. The number of benzene rings is 1. The van der Waals surface area contributed by atoms with Gasteiger partial charge in [0.1, 0.15) is 6.54 Å². The van der Waals surface area contributed by atoms with Crippen LogP contribution >= 0.6 is 0 Å². The summed E-state index contributed by atoms with van der Waals surface area (Å²) in [6, 6.07) is 7.26. The van der Waals surface area contributed by atoms with Crippen LogP contribution < -0.4 is 10.9 Å². The Morgan fingerprint density at radius 2 is 1.95 bits per heavy atom. The van der Waals surface area contributed by atoms with E-state index in [0.29, 0.717) is 0 Å². The number of anilines is 1. The molecule has 0 aliphatic rings. The van der Waals surface area contributed by atoms with E-state index < -0.39 is 17.6 Å². The lowest BCUT2D eigenvalue weighted by Crippen LogP contribution is -2.27. The highest BCUT2D eigenvalue weighted by Crippen LogP contribution is 2.30. The number of aryl methyl sites for hydroxylation is 1. The van der Waals surface area contributed by atoms with Gasteiger partial charge in [0.2, 0.25) is 5.91 Å². The maximum absolute atomic E-state index is 12.6. The molecule has 0 unspecified atom stereocenters. The number of aromatic nitrogens is 1. The molecular formula is C15H13F3N2O2. The van der Waals surface area contributed by atoms with Crippen LogP contribution in [0.1, 0.15) is 11.1 Å². The number of nitrogens with zero attached hydrogens (tertiary/aromatic N) is 1. The summed E-state index contributed by atoms with van der Waals surface area (Å²) in [5, 5.41) is 2.35. The summed E-state index contributed by atoms with van der Waals surface area (Å²) in [4.78, 5) is 23.4. The summed E-state index contributed by atoms with van der Waals surface area (Å²) in [6.45, 7) is 1.50. The summed E-state index contributed by atoms with van der Waals surface area (Å²) in [6.07, 6.45) is -2.97. The van der Waals surface area contributed by atoms with Crippen molar-refractivity contribution < 1.29 is 18.0 Å². The Kier molecular flexibility index (Phi) is 4.35. The zero-order valence-electron chi connectivity index (χ0n) is 11.6. The van der Waals surface area contributed by atoms with E-state index in [4.69, 9.17) is 0 Å². The standard InChI is InChI=1S/C15H13F3N2O2/c1-10-5-6-14(22)20(8-10)9-13(21)19-12-4-2-3-11(7-12)15(16,17)18/h2-8H,9H2,1H3,(H,19,21).